The standard InChI is InChI=1S/C9H5ClN2O5S/c10-18(15,16)9-5-8(11-17-9)6-2-1-3-7(4-6)12(13)14/h1-5H. The predicted octanol–water partition coefficient (Wildman–Crippen LogP) is 2.18. The summed E-state index contributed by atoms with van der Waals surface area (Å²) in [7, 11) is 1.06. The van der Waals surface area contributed by atoms with Crippen LogP contribution in [0.5, 0.6) is 0 Å². The Labute approximate surface area is 106 Å². The zero-order valence-corrected chi connectivity index (χ0v) is 10.2. The lowest BCUT2D eigenvalue weighted by molar-refractivity contribution is -0.384. The average Bonchev–Trinajstić information content (AvgIpc) is 2.78. The van der Waals surface area contributed by atoms with Crippen molar-refractivity contribution in [1.82, 2.24) is 5.16 Å². The maximum Gasteiger partial charge on any atom is 0.297 e. The Hall–Kier alpha value is -1.93. The van der Waals surface area contributed by atoms with E-state index >= 15 is 0 Å². The Morgan fingerprint density at radius 1 is 1.33 bits per heavy atom. The fourth-order valence-corrected chi connectivity index (χ4v) is 1.89. The van der Waals surface area contributed by atoms with Gasteiger partial charge in [0.2, 0.25) is 0 Å². The van der Waals surface area contributed by atoms with Gasteiger partial charge in [0.25, 0.3) is 19.8 Å². The molecule has 0 aliphatic rings. The molecule has 0 radical (unpaired) electrons. The van der Waals surface area contributed by atoms with Crippen LogP contribution in [0.2, 0.25) is 0 Å². The van der Waals surface area contributed by atoms with Gasteiger partial charge in [-0.25, -0.2) is 8.42 Å². The van der Waals surface area contributed by atoms with Gasteiger partial charge in [-0.1, -0.05) is 17.3 Å². The van der Waals surface area contributed by atoms with Crippen molar-refractivity contribution >= 4 is 25.4 Å². The summed E-state index contributed by atoms with van der Waals surface area (Å²) in [6.07, 6.45) is 0. The summed E-state index contributed by atoms with van der Waals surface area (Å²) in [5.41, 5.74) is 0.378. The number of halogens is 1. The molecule has 7 nitrogen and oxygen atoms in total. The van der Waals surface area contributed by atoms with Crippen LogP contribution >= 0.6 is 10.7 Å². The first kappa shape index (κ1) is 12.5. The summed E-state index contributed by atoms with van der Waals surface area (Å²) in [6, 6.07) is 6.65. The van der Waals surface area contributed by atoms with E-state index in [2.05, 4.69) is 9.68 Å². The summed E-state index contributed by atoms with van der Waals surface area (Å²) >= 11 is 0. The van der Waals surface area contributed by atoms with E-state index in [1.54, 1.807) is 0 Å². The van der Waals surface area contributed by atoms with Crippen LogP contribution in [-0.2, 0) is 9.05 Å². The first-order valence-corrected chi connectivity index (χ1v) is 6.85. The van der Waals surface area contributed by atoms with Crippen LogP contribution in [0.1, 0.15) is 0 Å². The normalized spacial score (nSPS) is 11.4. The molecule has 0 N–H and O–H groups in total. The molecule has 1 heterocycles. The van der Waals surface area contributed by atoms with Gasteiger partial charge in [-0.05, 0) is 0 Å². The van der Waals surface area contributed by atoms with Crippen molar-refractivity contribution in [3.8, 4) is 11.3 Å². The van der Waals surface area contributed by atoms with Gasteiger partial charge in [0.15, 0.2) is 0 Å². The molecule has 94 valence electrons. The summed E-state index contributed by atoms with van der Waals surface area (Å²) < 4.78 is 26.5. The van der Waals surface area contributed by atoms with E-state index in [1.807, 2.05) is 0 Å². The highest BCUT2D eigenvalue weighted by Gasteiger charge is 2.18. The molecule has 0 atom stereocenters. The molecule has 1 aromatic heterocycles. The molecule has 0 saturated heterocycles. The SMILES string of the molecule is O=[N+]([O-])c1cccc(-c2cc(S(=O)(=O)Cl)on2)c1. The Bertz CT molecular complexity index is 709. The maximum atomic E-state index is 11.0. The predicted molar refractivity (Wildman–Crippen MR) is 61.6 cm³/mol. The smallest absolute Gasteiger partial charge is 0.297 e. The van der Waals surface area contributed by atoms with Crippen LogP contribution in [-0.4, -0.2) is 18.5 Å². The van der Waals surface area contributed by atoms with Crippen molar-refractivity contribution in [3.63, 3.8) is 0 Å². The summed E-state index contributed by atoms with van der Waals surface area (Å²) in [6.45, 7) is 0. The highest BCUT2D eigenvalue weighted by atomic mass is 35.7. The number of hydrogen-bond donors (Lipinski definition) is 0. The second-order valence-corrected chi connectivity index (χ2v) is 5.77. The van der Waals surface area contributed by atoms with Crippen molar-refractivity contribution in [2.24, 2.45) is 0 Å². The minimum absolute atomic E-state index is 0.134. The van der Waals surface area contributed by atoms with E-state index in [4.69, 9.17) is 10.7 Å². The Kier molecular flexibility index (Phi) is 3.05. The molecular weight excluding hydrogens is 284 g/mol. The maximum absolute atomic E-state index is 11.0. The second kappa shape index (κ2) is 4.39. The Morgan fingerprint density at radius 2 is 2.06 bits per heavy atom. The lowest BCUT2D eigenvalue weighted by Crippen LogP contribution is -1.88. The molecule has 0 unspecified atom stereocenters. The molecule has 0 saturated carbocycles. The van der Waals surface area contributed by atoms with Gasteiger partial charge >= 0.3 is 0 Å². The van der Waals surface area contributed by atoms with Crippen LogP contribution in [0.15, 0.2) is 39.9 Å². The summed E-state index contributed by atoms with van der Waals surface area (Å²) in [5.74, 6) is 0. The van der Waals surface area contributed by atoms with Crippen molar-refractivity contribution in [2.75, 3.05) is 0 Å². The van der Waals surface area contributed by atoms with Crippen molar-refractivity contribution in [3.05, 3.63) is 40.4 Å². The zero-order chi connectivity index (χ0) is 13.3. The first-order chi connectivity index (χ1) is 8.38. The van der Waals surface area contributed by atoms with Crippen LogP contribution < -0.4 is 0 Å². The van der Waals surface area contributed by atoms with Crippen molar-refractivity contribution in [1.29, 1.82) is 0 Å². The van der Waals surface area contributed by atoms with Gasteiger partial charge in [-0.15, -0.1) is 0 Å². The van der Waals surface area contributed by atoms with Crippen LogP contribution in [0.25, 0.3) is 11.3 Å². The number of benzene rings is 1. The molecule has 0 fully saturated rings. The Balaban J connectivity index is 2.46. The topological polar surface area (TPSA) is 103 Å². The fraction of sp³-hybridized carbons (Fsp3) is 0. The van der Waals surface area contributed by atoms with E-state index in [1.165, 1.54) is 24.3 Å². The third-order valence-electron chi connectivity index (χ3n) is 2.08. The number of non-ortho nitro benzene ring substituents is 1. The summed E-state index contributed by atoms with van der Waals surface area (Å²) in [4.78, 5) is 10.0. The van der Waals surface area contributed by atoms with Crippen LogP contribution in [0, 0.1) is 10.1 Å². The molecule has 18 heavy (non-hydrogen) atoms. The van der Waals surface area contributed by atoms with Gasteiger partial charge in [-0.3, -0.25) is 10.1 Å². The molecule has 9 heteroatoms. The first-order valence-electron chi connectivity index (χ1n) is 4.54. The highest BCUT2D eigenvalue weighted by molar-refractivity contribution is 8.13. The minimum Gasteiger partial charge on any atom is -0.343 e. The molecule has 2 aromatic rings. The molecule has 2 rings (SSSR count). The average molecular weight is 289 g/mol. The largest absolute Gasteiger partial charge is 0.343 e. The van der Waals surface area contributed by atoms with Crippen molar-refractivity contribution in [2.45, 2.75) is 5.09 Å². The highest BCUT2D eigenvalue weighted by Crippen LogP contribution is 2.26. The second-order valence-electron chi connectivity index (χ2n) is 3.28. The van der Waals surface area contributed by atoms with Gasteiger partial charge in [0.05, 0.1) is 4.92 Å². The van der Waals surface area contributed by atoms with E-state index in [-0.39, 0.29) is 11.4 Å². The lowest BCUT2D eigenvalue weighted by Gasteiger charge is -1.94. The van der Waals surface area contributed by atoms with E-state index in [9.17, 15) is 18.5 Å². The van der Waals surface area contributed by atoms with E-state index in [0.717, 1.165) is 6.07 Å². The van der Waals surface area contributed by atoms with Crippen molar-refractivity contribution < 1.29 is 17.9 Å². The number of aromatic nitrogens is 1. The Morgan fingerprint density at radius 3 is 2.61 bits per heavy atom. The molecule has 0 aliphatic carbocycles. The third-order valence-corrected chi connectivity index (χ3v) is 3.21. The fourth-order valence-electron chi connectivity index (χ4n) is 1.29. The van der Waals surface area contributed by atoms with Gasteiger partial charge in [0.1, 0.15) is 5.69 Å². The van der Waals surface area contributed by atoms with E-state index in [0.29, 0.717) is 5.56 Å². The van der Waals surface area contributed by atoms with Gasteiger partial charge in [0, 0.05) is 34.4 Å². The zero-order valence-electron chi connectivity index (χ0n) is 8.61. The molecule has 0 spiro atoms. The monoisotopic (exact) mass is 288 g/mol. The quantitative estimate of drug-likeness (QED) is 0.487. The third kappa shape index (κ3) is 2.49. The molecule has 0 bridgehead atoms. The van der Waals surface area contributed by atoms with Crippen LogP contribution in [0.3, 0.4) is 0 Å². The molecule has 0 aliphatic heterocycles. The van der Waals surface area contributed by atoms with Gasteiger partial charge in [-0.2, -0.15) is 0 Å². The van der Waals surface area contributed by atoms with Gasteiger partial charge < -0.3 is 4.52 Å². The molecule has 0 amide bonds. The minimum atomic E-state index is -4.01. The lowest BCUT2D eigenvalue weighted by atomic mass is 10.1. The number of rotatable bonds is 3. The van der Waals surface area contributed by atoms with Crippen LogP contribution in [0.4, 0.5) is 5.69 Å². The number of nitro benzene ring substituents is 1. The summed E-state index contributed by atoms with van der Waals surface area (Å²) in [5, 5.41) is 13.6. The number of nitrogens with zero attached hydrogens (tertiary/aromatic N) is 2. The number of hydrogen-bond acceptors (Lipinski definition) is 6. The molecular formula is C9H5ClN2O5S. The number of nitro groups is 1. The molecule has 1 aromatic carbocycles. The van der Waals surface area contributed by atoms with E-state index < -0.39 is 19.1 Å².